The van der Waals surface area contributed by atoms with Crippen LogP contribution in [0.1, 0.15) is 55.5 Å². The molecule has 0 aliphatic rings. The fraction of sp³-hybridized carbons (Fsp3) is 0.500. The first-order chi connectivity index (χ1) is 7.66. The average Bonchev–Trinajstić information content (AvgIpc) is 2.29. The Hall–Kier alpha value is -1.31. The van der Waals surface area contributed by atoms with E-state index in [1.54, 1.807) is 0 Å². The summed E-state index contributed by atoms with van der Waals surface area (Å²) in [6, 6.07) is 7.83. The van der Waals surface area contributed by atoms with Gasteiger partial charge in [0, 0.05) is 12.1 Å². The van der Waals surface area contributed by atoms with Crippen LogP contribution in [-0.4, -0.2) is 12.5 Å². The van der Waals surface area contributed by atoms with Crippen molar-refractivity contribution in [3.8, 4) is 0 Å². The smallest absolute Gasteiger partial charge is 0.251 e. The van der Waals surface area contributed by atoms with Gasteiger partial charge in [-0.15, -0.1) is 0 Å². The van der Waals surface area contributed by atoms with Crippen molar-refractivity contribution < 1.29 is 4.79 Å². The van der Waals surface area contributed by atoms with Gasteiger partial charge >= 0.3 is 0 Å². The van der Waals surface area contributed by atoms with E-state index in [0.717, 1.165) is 30.5 Å². The fourth-order valence-electron chi connectivity index (χ4n) is 1.68. The van der Waals surface area contributed by atoms with E-state index in [-0.39, 0.29) is 5.91 Å². The van der Waals surface area contributed by atoms with Crippen molar-refractivity contribution in [3.63, 3.8) is 0 Å². The second kappa shape index (κ2) is 6.31. The van der Waals surface area contributed by atoms with Gasteiger partial charge in [0.05, 0.1) is 0 Å². The van der Waals surface area contributed by atoms with Gasteiger partial charge in [-0.3, -0.25) is 4.79 Å². The van der Waals surface area contributed by atoms with Crippen LogP contribution in [0.5, 0.6) is 0 Å². The van der Waals surface area contributed by atoms with Gasteiger partial charge in [0.1, 0.15) is 0 Å². The van der Waals surface area contributed by atoms with Crippen molar-refractivity contribution in [2.24, 2.45) is 0 Å². The summed E-state index contributed by atoms with van der Waals surface area (Å²) in [5.74, 6) is 0.436. The lowest BCUT2D eigenvalue weighted by atomic mass is 9.97. The zero-order chi connectivity index (χ0) is 12.0. The number of hydrogen-bond donors (Lipinski definition) is 1. The number of unbranched alkanes of at least 4 members (excludes halogenated alkanes) is 1. The Kier molecular flexibility index (Phi) is 5.03. The summed E-state index contributed by atoms with van der Waals surface area (Å²) in [4.78, 5) is 11.9. The summed E-state index contributed by atoms with van der Waals surface area (Å²) in [5.41, 5.74) is 1.94. The molecule has 0 atom stereocenters. The third-order valence-electron chi connectivity index (χ3n) is 2.64. The van der Waals surface area contributed by atoms with E-state index < -0.39 is 0 Å². The van der Waals surface area contributed by atoms with Crippen LogP contribution in [-0.2, 0) is 0 Å². The molecule has 0 heterocycles. The van der Waals surface area contributed by atoms with Crippen LogP contribution in [0.4, 0.5) is 0 Å². The van der Waals surface area contributed by atoms with Crippen LogP contribution < -0.4 is 5.32 Å². The Morgan fingerprint density at radius 1 is 1.31 bits per heavy atom. The minimum atomic E-state index is 0.0535. The topological polar surface area (TPSA) is 29.1 Å². The molecule has 1 aromatic rings. The van der Waals surface area contributed by atoms with Crippen LogP contribution >= 0.6 is 0 Å². The minimum Gasteiger partial charge on any atom is -0.352 e. The Balaban J connectivity index is 2.74. The van der Waals surface area contributed by atoms with Gasteiger partial charge in [-0.05, 0) is 24.0 Å². The van der Waals surface area contributed by atoms with Crippen molar-refractivity contribution in [2.45, 2.75) is 39.5 Å². The molecule has 88 valence electrons. The van der Waals surface area contributed by atoms with Crippen molar-refractivity contribution >= 4 is 5.91 Å². The molecule has 0 fully saturated rings. The van der Waals surface area contributed by atoms with E-state index in [2.05, 4.69) is 26.1 Å². The van der Waals surface area contributed by atoms with Gasteiger partial charge in [0.2, 0.25) is 0 Å². The number of rotatable bonds is 5. The Morgan fingerprint density at radius 3 is 2.62 bits per heavy atom. The van der Waals surface area contributed by atoms with Gasteiger partial charge in [-0.1, -0.05) is 45.4 Å². The summed E-state index contributed by atoms with van der Waals surface area (Å²) >= 11 is 0. The van der Waals surface area contributed by atoms with Crippen LogP contribution in [0, 0.1) is 0 Å². The van der Waals surface area contributed by atoms with E-state index >= 15 is 0 Å². The molecular weight excluding hydrogens is 198 g/mol. The molecule has 0 saturated carbocycles. The molecule has 16 heavy (non-hydrogen) atoms. The normalized spacial score (nSPS) is 10.5. The van der Waals surface area contributed by atoms with Crippen molar-refractivity contribution in [3.05, 3.63) is 35.4 Å². The minimum absolute atomic E-state index is 0.0535. The van der Waals surface area contributed by atoms with Crippen LogP contribution in [0.25, 0.3) is 0 Å². The highest BCUT2D eigenvalue weighted by atomic mass is 16.1. The highest BCUT2D eigenvalue weighted by Gasteiger charge is 2.11. The maximum absolute atomic E-state index is 11.9. The average molecular weight is 219 g/mol. The fourth-order valence-corrected chi connectivity index (χ4v) is 1.68. The second-order valence-electron chi connectivity index (χ2n) is 4.35. The van der Waals surface area contributed by atoms with E-state index in [1.165, 1.54) is 0 Å². The summed E-state index contributed by atoms with van der Waals surface area (Å²) in [5, 5.41) is 2.96. The Morgan fingerprint density at radius 2 is 2.00 bits per heavy atom. The molecule has 0 radical (unpaired) electrons. The number of nitrogens with one attached hydrogen (secondary N) is 1. The molecule has 0 bridgehead atoms. The SMILES string of the molecule is CCCCNC(=O)c1ccccc1C(C)C. The van der Waals surface area contributed by atoms with Crippen molar-refractivity contribution in [1.82, 2.24) is 5.32 Å². The number of carbonyl (C=O) groups is 1. The third kappa shape index (κ3) is 3.37. The molecule has 2 nitrogen and oxygen atoms in total. The molecule has 1 amide bonds. The molecule has 1 N–H and O–H groups in total. The van der Waals surface area contributed by atoms with Crippen molar-refractivity contribution in [2.75, 3.05) is 6.54 Å². The number of benzene rings is 1. The molecule has 0 aliphatic heterocycles. The molecule has 2 heteroatoms. The standard InChI is InChI=1S/C14H21NO/c1-4-5-10-15-14(16)13-9-7-6-8-12(13)11(2)3/h6-9,11H,4-5,10H2,1-3H3,(H,15,16). The lowest BCUT2D eigenvalue weighted by Gasteiger charge is -2.12. The summed E-state index contributed by atoms with van der Waals surface area (Å²) < 4.78 is 0. The largest absolute Gasteiger partial charge is 0.352 e. The van der Waals surface area contributed by atoms with Crippen LogP contribution in [0.15, 0.2) is 24.3 Å². The zero-order valence-electron chi connectivity index (χ0n) is 10.4. The summed E-state index contributed by atoms with van der Waals surface area (Å²) in [6.45, 7) is 7.10. The maximum Gasteiger partial charge on any atom is 0.251 e. The van der Waals surface area contributed by atoms with Gasteiger partial charge in [0.25, 0.3) is 5.91 Å². The van der Waals surface area contributed by atoms with Gasteiger partial charge in [-0.2, -0.15) is 0 Å². The number of carbonyl (C=O) groups excluding carboxylic acids is 1. The maximum atomic E-state index is 11.9. The molecule has 0 aliphatic carbocycles. The van der Waals surface area contributed by atoms with E-state index in [0.29, 0.717) is 5.92 Å². The number of amides is 1. The number of hydrogen-bond acceptors (Lipinski definition) is 1. The summed E-state index contributed by atoms with van der Waals surface area (Å²) in [6.07, 6.45) is 2.14. The van der Waals surface area contributed by atoms with E-state index in [4.69, 9.17) is 0 Å². The second-order valence-corrected chi connectivity index (χ2v) is 4.35. The highest BCUT2D eigenvalue weighted by molar-refractivity contribution is 5.95. The molecular formula is C14H21NO. The van der Waals surface area contributed by atoms with E-state index in [9.17, 15) is 4.79 Å². The molecule has 0 unspecified atom stereocenters. The molecule has 0 aromatic heterocycles. The molecule has 1 rings (SSSR count). The van der Waals surface area contributed by atoms with Crippen LogP contribution in [0.3, 0.4) is 0 Å². The highest BCUT2D eigenvalue weighted by Crippen LogP contribution is 2.18. The summed E-state index contributed by atoms with van der Waals surface area (Å²) in [7, 11) is 0. The Bertz CT molecular complexity index is 344. The lowest BCUT2D eigenvalue weighted by molar-refractivity contribution is 0.0952. The Labute approximate surface area is 98.1 Å². The predicted molar refractivity (Wildman–Crippen MR) is 67.8 cm³/mol. The first-order valence-electron chi connectivity index (χ1n) is 6.04. The molecule has 0 saturated heterocycles. The van der Waals surface area contributed by atoms with Crippen molar-refractivity contribution in [1.29, 1.82) is 0 Å². The van der Waals surface area contributed by atoms with Gasteiger partial charge in [-0.25, -0.2) is 0 Å². The molecule has 1 aromatic carbocycles. The quantitative estimate of drug-likeness (QED) is 0.756. The van der Waals surface area contributed by atoms with E-state index in [1.807, 2.05) is 24.3 Å². The van der Waals surface area contributed by atoms with Gasteiger partial charge < -0.3 is 5.32 Å². The first-order valence-corrected chi connectivity index (χ1v) is 6.04. The molecule has 0 spiro atoms. The monoisotopic (exact) mass is 219 g/mol. The van der Waals surface area contributed by atoms with Gasteiger partial charge in [0.15, 0.2) is 0 Å². The van der Waals surface area contributed by atoms with Crippen LogP contribution in [0.2, 0.25) is 0 Å². The lowest BCUT2D eigenvalue weighted by Crippen LogP contribution is -2.25. The first kappa shape index (κ1) is 12.8. The zero-order valence-corrected chi connectivity index (χ0v) is 10.4. The predicted octanol–water partition coefficient (Wildman–Crippen LogP) is 3.34. The third-order valence-corrected chi connectivity index (χ3v) is 2.64.